The predicted octanol–water partition coefficient (Wildman–Crippen LogP) is 1.31. The van der Waals surface area contributed by atoms with Gasteiger partial charge in [0.2, 0.25) is 0 Å². The van der Waals surface area contributed by atoms with E-state index in [1.165, 1.54) is 16.9 Å². The fourth-order valence-corrected chi connectivity index (χ4v) is 2.50. The van der Waals surface area contributed by atoms with E-state index < -0.39 is 12.0 Å². The number of nitrogens with zero attached hydrogens (tertiary/aromatic N) is 2. The number of urea groups is 1. The largest absolute Gasteiger partial charge is 0.480 e. The normalized spacial score (nSPS) is 21.6. The van der Waals surface area contributed by atoms with Crippen LogP contribution >= 0.6 is 0 Å². The smallest absolute Gasteiger partial charge is 0.326 e. The number of aryl methyl sites for hydroxylation is 1. The van der Waals surface area contributed by atoms with Crippen LogP contribution < -0.4 is 0 Å². The molecule has 1 aromatic heterocycles. The van der Waals surface area contributed by atoms with Crippen molar-refractivity contribution in [3.05, 3.63) is 23.7 Å². The molecule has 2 rings (SSSR count). The van der Waals surface area contributed by atoms with Crippen molar-refractivity contribution >= 4 is 12.0 Å². The Bertz CT molecular complexity index is 527. The molecule has 2 heterocycles. The molecule has 1 aliphatic rings. The molecule has 2 amide bonds. The van der Waals surface area contributed by atoms with Gasteiger partial charge in [0, 0.05) is 27.1 Å². The van der Waals surface area contributed by atoms with E-state index in [1.54, 1.807) is 13.1 Å². The first-order valence-electron chi connectivity index (χ1n) is 6.75. The first-order chi connectivity index (χ1) is 9.92. The maximum Gasteiger partial charge on any atom is 0.326 e. The van der Waals surface area contributed by atoms with Crippen molar-refractivity contribution in [2.75, 3.05) is 20.7 Å². The minimum absolute atomic E-state index is 0.241. The summed E-state index contributed by atoms with van der Waals surface area (Å²) in [5, 5.41) is 9.23. The van der Waals surface area contributed by atoms with Gasteiger partial charge in [0.05, 0.1) is 12.6 Å². The highest BCUT2D eigenvalue weighted by molar-refractivity contribution is 5.83. The number of furan rings is 1. The average Bonchev–Trinajstić information content (AvgIpc) is 3.04. The Morgan fingerprint density at radius 1 is 1.52 bits per heavy atom. The first kappa shape index (κ1) is 15.4. The minimum Gasteiger partial charge on any atom is -0.480 e. The third-order valence-electron chi connectivity index (χ3n) is 3.64. The summed E-state index contributed by atoms with van der Waals surface area (Å²) in [4.78, 5) is 26.5. The summed E-state index contributed by atoms with van der Waals surface area (Å²) in [7, 11) is 3.14. The van der Waals surface area contributed by atoms with E-state index in [4.69, 9.17) is 9.15 Å². The molecule has 7 heteroatoms. The van der Waals surface area contributed by atoms with E-state index in [0.717, 1.165) is 5.76 Å². The molecule has 7 nitrogen and oxygen atoms in total. The Kier molecular flexibility index (Phi) is 4.52. The number of hydrogen-bond acceptors (Lipinski definition) is 4. The van der Waals surface area contributed by atoms with E-state index in [9.17, 15) is 14.7 Å². The first-order valence-corrected chi connectivity index (χ1v) is 6.75. The second-order valence-corrected chi connectivity index (χ2v) is 5.25. The Morgan fingerprint density at radius 2 is 2.24 bits per heavy atom. The van der Waals surface area contributed by atoms with Gasteiger partial charge in [0.15, 0.2) is 0 Å². The van der Waals surface area contributed by atoms with Crippen LogP contribution in [0.1, 0.15) is 17.9 Å². The summed E-state index contributed by atoms with van der Waals surface area (Å²) in [6, 6.07) is 2.44. The average molecular weight is 296 g/mol. The molecule has 0 radical (unpaired) electrons. The quantitative estimate of drug-likeness (QED) is 0.906. The topological polar surface area (TPSA) is 83.2 Å². The number of carboxylic acids is 1. The number of amides is 2. The van der Waals surface area contributed by atoms with Crippen LogP contribution in [0.25, 0.3) is 0 Å². The molecule has 21 heavy (non-hydrogen) atoms. The molecule has 0 saturated carbocycles. The molecule has 2 unspecified atom stereocenters. The van der Waals surface area contributed by atoms with Crippen LogP contribution in [0, 0.1) is 6.92 Å². The van der Waals surface area contributed by atoms with Gasteiger partial charge < -0.3 is 24.1 Å². The maximum absolute atomic E-state index is 12.4. The molecule has 2 atom stereocenters. The number of likely N-dealkylation sites (tertiary alicyclic amines) is 1. The molecule has 0 bridgehead atoms. The van der Waals surface area contributed by atoms with Gasteiger partial charge in [-0.05, 0) is 19.1 Å². The van der Waals surface area contributed by atoms with Crippen molar-refractivity contribution in [1.82, 2.24) is 9.80 Å². The van der Waals surface area contributed by atoms with Gasteiger partial charge in [0.25, 0.3) is 0 Å². The number of ether oxygens (including phenoxy) is 1. The summed E-state index contributed by atoms with van der Waals surface area (Å²) in [6.45, 7) is 2.41. The molecular weight excluding hydrogens is 276 g/mol. The van der Waals surface area contributed by atoms with Crippen molar-refractivity contribution in [2.45, 2.75) is 32.0 Å². The van der Waals surface area contributed by atoms with Crippen LogP contribution in [0.2, 0.25) is 0 Å². The number of carboxylic acid groups (broad SMARTS) is 1. The molecule has 1 aliphatic heterocycles. The third-order valence-corrected chi connectivity index (χ3v) is 3.64. The van der Waals surface area contributed by atoms with Crippen molar-refractivity contribution in [3.63, 3.8) is 0 Å². The fourth-order valence-electron chi connectivity index (χ4n) is 2.50. The highest BCUT2D eigenvalue weighted by atomic mass is 16.5. The van der Waals surface area contributed by atoms with Crippen LogP contribution in [0.3, 0.4) is 0 Å². The van der Waals surface area contributed by atoms with Crippen LogP contribution in [-0.4, -0.2) is 59.8 Å². The van der Waals surface area contributed by atoms with Gasteiger partial charge in [0.1, 0.15) is 17.6 Å². The number of rotatable bonds is 4. The molecule has 1 fully saturated rings. The van der Waals surface area contributed by atoms with Crippen molar-refractivity contribution < 1.29 is 23.8 Å². The summed E-state index contributed by atoms with van der Waals surface area (Å²) < 4.78 is 10.6. The van der Waals surface area contributed by atoms with Crippen molar-refractivity contribution in [3.8, 4) is 0 Å². The molecule has 0 aliphatic carbocycles. The summed E-state index contributed by atoms with van der Waals surface area (Å²) in [5.41, 5.74) is 0. The van der Waals surface area contributed by atoms with Gasteiger partial charge in [-0.2, -0.15) is 0 Å². The molecule has 1 saturated heterocycles. The molecule has 0 spiro atoms. The Morgan fingerprint density at radius 3 is 2.76 bits per heavy atom. The molecule has 0 aromatic carbocycles. The van der Waals surface area contributed by atoms with Crippen LogP contribution in [-0.2, 0) is 16.1 Å². The lowest BCUT2D eigenvalue weighted by molar-refractivity contribution is -0.141. The summed E-state index contributed by atoms with van der Waals surface area (Å²) in [5.74, 6) is 0.428. The Labute approximate surface area is 123 Å². The zero-order chi connectivity index (χ0) is 15.6. The molecular formula is C14H20N2O5. The lowest BCUT2D eigenvalue weighted by atomic mass is 10.2. The number of hydrogen-bond donors (Lipinski definition) is 1. The number of carbonyl (C=O) groups is 2. The van der Waals surface area contributed by atoms with Crippen LogP contribution in [0.15, 0.2) is 16.5 Å². The van der Waals surface area contributed by atoms with E-state index >= 15 is 0 Å². The second kappa shape index (κ2) is 6.17. The lowest BCUT2D eigenvalue weighted by Gasteiger charge is -2.27. The fraction of sp³-hybridized carbons (Fsp3) is 0.571. The highest BCUT2D eigenvalue weighted by Crippen LogP contribution is 2.22. The van der Waals surface area contributed by atoms with E-state index in [2.05, 4.69) is 0 Å². The monoisotopic (exact) mass is 296 g/mol. The zero-order valence-corrected chi connectivity index (χ0v) is 12.4. The van der Waals surface area contributed by atoms with E-state index in [1.807, 2.05) is 13.0 Å². The second-order valence-electron chi connectivity index (χ2n) is 5.25. The van der Waals surface area contributed by atoms with Gasteiger partial charge in [-0.1, -0.05) is 0 Å². The van der Waals surface area contributed by atoms with Crippen molar-refractivity contribution in [1.29, 1.82) is 0 Å². The van der Waals surface area contributed by atoms with Gasteiger partial charge in [-0.15, -0.1) is 0 Å². The van der Waals surface area contributed by atoms with E-state index in [0.29, 0.717) is 18.7 Å². The lowest BCUT2D eigenvalue weighted by Crippen LogP contribution is -2.46. The zero-order valence-electron chi connectivity index (χ0n) is 12.4. The Hall–Kier alpha value is -2.02. The van der Waals surface area contributed by atoms with Gasteiger partial charge in [-0.25, -0.2) is 9.59 Å². The van der Waals surface area contributed by atoms with Gasteiger partial charge in [-0.3, -0.25) is 0 Å². The number of aliphatic carboxylic acids is 1. The van der Waals surface area contributed by atoms with Crippen molar-refractivity contribution in [2.24, 2.45) is 0 Å². The number of carbonyl (C=O) groups excluding carboxylic acids is 1. The number of methoxy groups -OCH3 is 1. The highest BCUT2D eigenvalue weighted by Gasteiger charge is 2.40. The molecule has 116 valence electrons. The standard InChI is InChI=1S/C14H20N2O5/c1-9-4-5-10(21-9)7-15(2)14(19)16-8-11(20-3)6-12(16)13(17)18/h4-5,11-12H,6-8H2,1-3H3,(H,17,18). The van der Waals surface area contributed by atoms with Crippen LogP contribution in [0.5, 0.6) is 0 Å². The maximum atomic E-state index is 12.4. The summed E-state index contributed by atoms with van der Waals surface area (Å²) >= 11 is 0. The SMILES string of the molecule is COC1CC(C(=O)O)N(C(=O)N(C)Cc2ccc(C)o2)C1. The molecule has 1 aromatic rings. The molecule has 1 N–H and O–H groups in total. The van der Waals surface area contributed by atoms with E-state index in [-0.39, 0.29) is 18.7 Å². The minimum atomic E-state index is -1.01. The Balaban J connectivity index is 2.05. The van der Waals surface area contributed by atoms with Crippen LogP contribution in [0.4, 0.5) is 4.79 Å². The van der Waals surface area contributed by atoms with Gasteiger partial charge >= 0.3 is 12.0 Å². The third kappa shape index (κ3) is 3.36. The predicted molar refractivity (Wildman–Crippen MR) is 73.9 cm³/mol. The summed E-state index contributed by atoms with van der Waals surface area (Å²) in [6.07, 6.45) is 0.0694.